The SMILES string of the molecule is O=C(O)Cc1csc(C(c2ccccc2)c2ccccc2)n1. The van der Waals surface area contributed by atoms with E-state index in [4.69, 9.17) is 5.11 Å². The van der Waals surface area contributed by atoms with Crippen molar-refractivity contribution in [2.75, 3.05) is 0 Å². The molecule has 0 saturated carbocycles. The zero-order chi connectivity index (χ0) is 15.4. The molecule has 0 bridgehead atoms. The summed E-state index contributed by atoms with van der Waals surface area (Å²) in [7, 11) is 0. The van der Waals surface area contributed by atoms with Crippen LogP contribution >= 0.6 is 11.3 Å². The Morgan fingerprint density at radius 1 is 1.00 bits per heavy atom. The maximum atomic E-state index is 10.9. The van der Waals surface area contributed by atoms with Crippen molar-refractivity contribution in [2.45, 2.75) is 12.3 Å². The number of aliphatic carboxylic acids is 1. The van der Waals surface area contributed by atoms with Crippen molar-refractivity contribution in [3.05, 3.63) is 87.9 Å². The summed E-state index contributed by atoms with van der Waals surface area (Å²) >= 11 is 1.51. The normalized spacial score (nSPS) is 10.8. The number of hydrogen-bond donors (Lipinski definition) is 1. The lowest BCUT2D eigenvalue weighted by Crippen LogP contribution is -2.04. The summed E-state index contributed by atoms with van der Waals surface area (Å²) in [6.07, 6.45) is -0.0349. The van der Waals surface area contributed by atoms with Crippen molar-refractivity contribution in [3.8, 4) is 0 Å². The van der Waals surface area contributed by atoms with Crippen LogP contribution in [0.15, 0.2) is 66.0 Å². The third-order valence-electron chi connectivity index (χ3n) is 3.41. The fourth-order valence-electron chi connectivity index (χ4n) is 2.46. The van der Waals surface area contributed by atoms with Gasteiger partial charge in [0, 0.05) is 5.38 Å². The molecule has 0 spiro atoms. The van der Waals surface area contributed by atoms with Gasteiger partial charge in [0.1, 0.15) is 5.01 Å². The second kappa shape index (κ2) is 6.54. The molecule has 3 nitrogen and oxygen atoms in total. The number of nitrogens with zero attached hydrogens (tertiary/aromatic N) is 1. The molecule has 1 N–H and O–H groups in total. The molecule has 0 atom stereocenters. The molecule has 1 heterocycles. The third-order valence-corrected chi connectivity index (χ3v) is 4.37. The van der Waals surface area contributed by atoms with E-state index in [1.54, 1.807) is 0 Å². The molecule has 0 fully saturated rings. The van der Waals surface area contributed by atoms with E-state index in [1.165, 1.54) is 11.3 Å². The predicted octanol–water partition coefficient (Wildman–Crippen LogP) is 3.95. The molecular weight excluding hydrogens is 294 g/mol. The first-order valence-corrected chi connectivity index (χ1v) is 7.88. The van der Waals surface area contributed by atoms with Crippen molar-refractivity contribution >= 4 is 17.3 Å². The summed E-state index contributed by atoms with van der Waals surface area (Å²) in [5.41, 5.74) is 2.93. The van der Waals surface area contributed by atoms with Gasteiger partial charge in [-0.25, -0.2) is 4.98 Å². The highest BCUT2D eigenvalue weighted by atomic mass is 32.1. The van der Waals surface area contributed by atoms with Gasteiger partial charge in [-0.2, -0.15) is 0 Å². The summed E-state index contributed by atoms with van der Waals surface area (Å²) in [6, 6.07) is 20.3. The van der Waals surface area contributed by atoms with Gasteiger partial charge in [-0.05, 0) is 11.1 Å². The van der Waals surface area contributed by atoms with Gasteiger partial charge in [0.25, 0.3) is 0 Å². The standard InChI is InChI=1S/C18H15NO2S/c20-16(21)11-15-12-22-18(19-15)17(13-7-3-1-4-8-13)14-9-5-2-6-10-14/h1-10,12,17H,11H2,(H,20,21). The van der Waals surface area contributed by atoms with Crippen LogP contribution in [-0.2, 0) is 11.2 Å². The van der Waals surface area contributed by atoms with Gasteiger partial charge in [0.2, 0.25) is 0 Å². The molecule has 0 radical (unpaired) electrons. The zero-order valence-corrected chi connectivity index (χ0v) is 12.7. The van der Waals surface area contributed by atoms with Crippen molar-refractivity contribution < 1.29 is 9.90 Å². The molecule has 0 aliphatic heterocycles. The van der Waals surface area contributed by atoms with Crippen molar-refractivity contribution in [1.82, 2.24) is 4.98 Å². The minimum Gasteiger partial charge on any atom is -0.481 e. The molecule has 0 amide bonds. The summed E-state index contributed by atoms with van der Waals surface area (Å²) in [6.45, 7) is 0. The number of carboxylic acid groups (broad SMARTS) is 1. The lowest BCUT2D eigenvalue weighted by Gasteiger charge is -2.15. The lowest BCUT2D eigenvalue weighted by atomic mass is 9.92. The second-order valence-electron chi connectivity index (χ2n) is 5.00. The van der Waals surface area contributed by atoms with Crippen LogP contribution in [0.3, 0.4) is 0 Å². The van der Waals surface area contributed by atoms with Crippen LogP contribution in [0, 0.1) is 0 Å². The van der Waals surface area contributed by atoms with E-state index in [0.717, 1.165) is 16.1 Å². The highest BCUT2D eigenvalue weighted by molar-refractivity contribution is 7.09. The topological polar surface area (TPSA) is 50.2 Å². The van der Waals surface area contributed by atoms with Crippen molar-refractivity contribution in [3.63, 3.8) is 0 Å². The Kier molecular flexibility index (Phi) is 4.30. The van der Waals surface area contributed by atoms with Crippen LogP contribution in [0.2, 0.25) is 0 Å². The molecule has 110 valence electrons. The van der Waals surface area contributed by atoms with Crippen molar-refractivity contribution in [1.29, 1.82) is 0 Å². The number of thiazole rings is 1. The largest absolute Gasteiger partial charge is 0.481 e. The lowest BCUT2D eigenvalue weighted by molar-refractivity contribution is -0.136. The van der Waals surface area contributed by atoms with Gasteiger partial charge in [0.05, 0.1) is 18.0 Å². The number of aromatic nitrogens is 1. The Morgan fingerprint density at radius 2 is 1.55 bits per heavy atom. The summed E-state index contributed by atoms with van der Waals surface area (Å²) in [5, 5.41) is 11.7. The van der Waals surface area contributed by atoms with E-state index >= 15 is 0 Å². The molecular formula is C18H15NO2S. The fraction of sp³-hybridized carbons (Fsp3) is 0.111. The molecule has 0 unspecified atom stereocenters. The molecule has 3 rings (SSSR count). The molecule has 1 aromatic heterocycles. The van der Waals surface area contributed by atoms with Crippen LogP contribution in [0.5, 0.6) is 0 Å². The average Bonchev–Trinajstić information content (AvgIpc) is 2.97. The Balaban J connectivity index is 2.02. The number of hydrogen-bond acceptors (Lipinski definition) is 3. The maximum absolute atomic E-state index is 10.9. The molecule has 0 aliphatic carbocycles. The molecule has 0 saturated heterocycles. The molecule has 0 aliphatic rings. The summed E-state index contributed by atoms with van der Waals surface area (Å²) in [4.78, 5) is 15.4. The van der Waals surface area contributed by atoms with Gasteiger partial charge >= 0.3 is 5.97 Å². The predicted molar refractivity (Wildman–Crippen MR) is 87.3 cm³/mol. The Morgan fingerprint density at radius 3 is 2.05 bits per heavy atom. The van der Waals surface area contributed by atoms with E-state index in [0.29, 0.717) is 5.69 Å². The molecule has 3 aromatic rings. The number of carboxylic acids is 1. The minimum atomic E-state index is -0.854. The van der Waals surface area contributed by atoms with Crippen LogP contribution < -0.4 is 0 Å². The number of carbonyl (C=O) groups is 1. The first kappa shape index (κ1) is 14.5. The van der Waals surface area contributed by atoms with E-state index in [1.807, 2.05) is 41.8 Å². The number of benzene rings is 2. The Labute approximate surface area is 132 Å². The highest BCUT2D eigenvalue weighted by Crippen LogP contribution is 2.33. The zero-order valence-electron chi connectivity index (χ0n) is 11.8. The van der Waals surface area contributed by atoms with Crippen LogP contribution in [0.4, 0.5) is 0 Å². The van der Waals surface area contributed by atoms with E-state index in [9.17, 15) is 4.79 Å². The van der Waals surface area contributed by atoms with E-state index < -0.39 is 5.97 Å². The fourth-order valence-corrected chi connectivity index (χ4v) is 3.43. The monoisotopic (exact) mass is 309 g/mol. The molecule has 22 heavy (non-hydrogen) atoms. The Bertz CT molecular complexity index is 714. The molecule has 4 heteroatoms. The first-order chi connectivity index (χ1) is 10.7. The van der Waals surface area contributed by atoms with Crippen LogP contribution in [-0.4, -0.2) is 16.1 Å². The smallest absolute Gasteiger partial charge is 0.309 e. The van der Waals surface area contributed by atoms with Gasteiger partial charge < -0.3 is 5.11 Å². The van der Waals surface area contributed by atoms with Gasteiger partial charge in [0.15, 0.2) is 0 Å². The van der Waals surface area contributed by atoms with E-state index in [2.05, 4.69) is 29.2 Å². The quantitative estimate of drug-likeness (QED) is 0.776. The second-order valence-corrected chi connectivity index (χ2v) is 5.89. The number of rotatable bonds is 5. The summed E-state index contributed by atoms with van der Waals surface area (Å²) in [5.74, 6) is -0.817. The van der Waals surface area contributed by atoms with Crippen molar-refractivity contribution in [2.24, 2.45) is 0 Å². The van der Waals surface area contributed by atoms with Gasteiger partial charge in [-0.3, -0.25) is 4.79 Å². The average molecular weight is 309 g/mol. The molecule has 2 aromatic carbocycles. The van der Waals surface area contributed by atoms with Gasteiger partial charge in [-0.1, -0.05) is 60.7 Å². The van der Waals surface area contributed by atoms with Gasteiger partial charge in [-0.15, -0.1) is 11.3 Å². The van der Waals surface area contributed by atoms with E-state index in [-0.39, 0.29) is 12.3 Å². The highest BCUT2D eigenvalue weighted by Gasteiger charge is 2.20. The maximum Gasteiger partial charge on any atom is 0.309 e. The first-order valence-electron chi connectivity index (χ1n) is 7.00. The Hall–Kier alpha value is -2.46. The van der Waals surface area contributed by atoms with Crippen LogP contribution in [0.25, 0.3) is 0 Å². The van der Waals surface area contributed by atoms with Crippen LogP contribution in [0.1, 0.15) is 27.7 Å². The minimum absolute atomic E-state index is 0.0349. The third kappa shape index (κ3) is 3.23. The summed E-state index contributed by atoms with van der Waals surface area (Å²) < 4.78 is 0.